The van der Waals surface area contributed by atoms with Gasteiger partial charge in [-0.05, 0) is 19.1 Å². The van der Waals surface area contributed by atoms with Crippen LogP contribution in [-0.4, -0.2) is 46.1 Å². The van der Waals surface area contributed by atoms with Crippen molar-refractivity contribution in [2.24, 2.45) is 0 Å². The Bertz CT molecular complexity index is 637. The average Bonchev–Trinajstić information content (AvgIpc) is 2.78. The number of hydrogen-bond acceptors (Lipinski definition) is 4. The summed E-state index contributed by atoms with van der Waals surface area (Å²) < 4.78 is 2.07. The van der Waals surface area contributed by atoms with Gasteiger partial charge in [-0.15, -0.1) is 0 Å². The molecule has 1 aliphatic heterocycles. The summed E-state index contributed by atoms with van der Waals surface area (Å²) in [5, 5.41) is 12.2. The third-order valence-corrected chi connectivity index (χ3v) is 3.59. The summed E-state index contributed by atoms with van der Waals surface area (Å²) in [7, 11) is 0. The Morgan fingerprint density at radius 3 is 3.20 bits per heavy atom. The van der Waals surface area contributed by atoms with Gasteiger partial charge in [0.1, 0.15) is 11.5 Å². The number of anilines is 1. The summed E-state index contributed by atoms with van der Waals surface area (Å²) in [5.74, 6) is 0.307. The van der Waals surface area contributed by atoms with Crippen LogP contribution in [0, 0.1) is 6.92 Å². The SMILES string of the molecule is Cc1cn2c(N3CCNC(CC(=O)O)C3)cccc2n1. The number of aryl methyl sites for hydroxylation is 1. The fraction of sp³-hybridized carbons (Fsp3) is 0.429. The molecule has 6 heteroatoms. The van der Waals surface area contributed by atoms with Gasteiger partial charge in [0.25, 0.3) is 0 Å². The summed E-state index contributed by atoms with van der Waals surface area (Å²) in [5.41, 5.74) is 1.91. The normalized spacial score (nSPS) is 19.4. The van der Waals surface area contributed by atoms with E-state index < -0.39 is 5.97 Å². The number of nitrogens with zero attached hydrogens (tertiary/aromatic N) is 3. The van der Waals surface area contributed by atoms with E-state index in [4.69, 9.17) is 5.11 Å². The van der Waals surface area contributed by atoms with E-state index in [0.29, 0.717) is 6.54 Å². The van der Waals surface area contributed by atoms with E-state index in [2.05, 4.69) is 25.7 Å². The minimum Gasteiger partial charge on any atom is -0.481 e. The molecule has 2 N–H and O–H groups in total. The second kappa shape index (κ2) is 5.13. The second-order valence-corrected chi connectivity index (χ2v) is 5.19. The van der Waals surface area contributed by atoms with Gasteiger partial charge in [-0.1, -0.05) is 6.07 Å². The van der Waals surface area contributed by atoms with E-state index in [1.807, 2.05) is 25.3 Å². The molecule has 3 rings (SSSR count). The van der Waals surface area contributed by atoms with Crippen LogP contribution in [0.4, 0.5) is 5.82 Å². The van der Waals surface area contributed by atoms with E-state index in [1.54, 1.807) is 0 Å². The number of aromatic nitrogens is 2. The van der Waals surface area contributed by atoms with Crippen LogP contribution >= 0.6 is 0 Å². The number of carboxylic acid groups (broad SMARTS) is 1. The number of aliphatic carboxylic acids is 1. The molecule has 0 aliphatic carbocycles. The molecule has 106 valence electrons. The first kappa shape index (κ1) is 12.9. The second-order valence-electron chi connectivity index (χ2n) is 5.19. The zero-order chi connectivity index (χ0) is 14.1. The van der Waals surface area contributed by atoms with E-state index in [-0.39, 0.29) is 12.5 Å². The van der Waals surface area contributed by atoms with Crippen molar-refractivity contribution in [3.8, 4) is 0 Å². The zero-order valence-electron chi connectivity index (χ0n) is 11.4. The van der Waals surface area contributed by atoms with Crippen LogP contribution in [0.1, 0.15) is 12.1 Å². The van der Waals surface area contributed by atoms with Gasteiger partial charge in [-0.3, -0.25) is 9.20 Å². The van der Waals surface area contributed by atoms with Gasteiger partial charge in [-0.2, -0.15) is 0 Å². The predicted molar refractivity (Wildman–Crippen MR) is 76.2 cm³/mol. The Morgan fingerprint density at radius 1 is 1.55 bits per heavy atom. The fourth-order valence-corrected chi connectivity index (χ4v) is 2.76. The summed E-state index contributed by atoms with van der Waals surface area (Å²) in [6, 6.07) is 6.01. The molecule has 1 fully saturated rings. The van der Waals surface area contributed by atoms with Gasteiger partial charge in [0, 0.05) is 31.9 Å². The van der Waals surface area contributed by atoms with Gasteiger partial charge in [0.05, 0.1) is 12.1 Å². The number of carboxylic acids is 1. The highest BCUT2D eigenvalue weighted by Gasteiger charge is 2.22. The van der Waals surface area contributed by atoms with Gasteiger partial charge in [0.15, 0.2) is 0 Å². The molecule has 0 bridgehead atoms. The predicted octanol–water partition coefficient (Wildman–Crippen LogP) is 0.896. The van der Waals surface area contributed by atoms with Gasteiger partial charge in [-0.25, -0.2) is 4.98 Å². The summed E-state index contributed by atoms with van der Waals surface area (Å²) >= 11 is 0. The molecule has 0 spiro atoms. The summed E-state index contributed by atoms with van der Waals surface area (Å²) in [6.45, 7) is 4.33. The van der Waals surface area contributed by atoms with Gasteiger partial charge < -0.3 is 15.3 Å². The number of hydrogen-bond donors (Lipinski definition) is 2. The summed E-state index contributed by atoms with van der Waals surface area (Å²) in [4.78, 5) is 17.5. The molecule has 0 aromatic carbocycles. The van der Waals surface area contributed by atoms with Crippen LogP contribution in [-0.2, 0) is 4.79 Å². The molecule has 1 aliphatic rings. The van der Waals surface area contributed by atoms with Crippen molar-refractivity contribution in [3.05, 3.63) is 30.1 Å². The fourth-order valence-electron chi connectivity index (χ4n) is 2.76. The first-order valence-electron chi connectivity index (χ1n) is 6.78. The van der Waals surface area contributed by atoms with Crippen LogP contribution in [0.5, 0.6) is 0 Å². The quantitative estimate of drug-likeness (QED) is 0.870. The standard InChI is InChI=1S/C14H18N4O2/c1-10-8-18-12(16-10)3-2-4-13(18)17-6-5-15-11(9-17)7-14(19)20/h2-4,8,11,15H,5-7,9H2,1H3,(H,19,20). The lowest BCUT2D eigenvalue weighted by molar-refractivity contribution is -0.137. The first-order valence-corrected chi connectivity index (χ1v) is 6.78. The highest BCUT2D eigenvalue weighted by Crippen LogP contribution is 2.19. The highest BCUT2D eigenvalue weighted by molar-refractivity contribution is 5.67. The number of piperazine rings is 1. The molecule has 0 radical (unpaired) electrons. The smallest absolute Gasteiger partial charge is 0.304 e. The number of imidazole rings is 1. The number of carbonyl (C=O) groups is 1. The molecule has 2 aromatic heterocycles. The molecule has 0 amide bonds. The molecule has 1 atom stereocenters. The zero-order valence-corrected chi connectivity index (χ0v) is 11.4. The van der Waals surface area contributed by atoms with Crippen molar-refractivity contribution in [1.29, 1.82) is 0 Å². The Morgan fingerprint density at radius 2 is 2.40 bits per heavy atom. The maximum atomic E-state index is 10.9. The monoisotopic (exact) mass is 274 g/mol. The lowest BCUT2D eigenvalue weighted by Crippen LogP contribution is -2.51. The van der Waals surface area contributed by atoms with E-state index in [0.717, 1.165) is 30.2 Å². The largest absolute Gasteiger partial charge is 0.481 e. The third-order valence-electron chi connectivity index (χ3n) is 3.59. The highest BCUT2D eigenvalue weighted by atomic mass is 16.4. The third kappa shape index (κ3) is 2.46. The Kier molecular flexibility index (Phi) is 3.31. The van der Waals surface area contributed by atoms with Crippen LogP contribution in [0.25, 0.3) is 5.65 Å². The van der Waals surface area contributed by atoms with Crippen molar-refractivity contribution >= 4 is 17.4 Å². The van der Waals surface area contributed by atoms with Crippen molar-refractivity contribution in [3.63, 3.8) is 0 Å². The van der Waals surface area contributed by atoms with Crippen molar-refractivity contribution in [2.75, 3.05) is 24.5 Å². The maximum Gasteiger partial charge on any atom is 0.304 e. The molecule has 1 unspecified atom stereocenters. The molecule has 20 heavy (non-hydrogen) atoms. The molecule has 1 saturated heterocycles. The number of fused-ring (bicyclic) bond motifs is 1. The number of pyridine rings is 1. The van der Waals surface area contributed by atoms with E-state index in [9.17, 15) is 4.79 Å². The molecule has 0 saturated carbocycles. The first-order chi connectivity index (χ1) is 9.63. The Balaban J connectivity index is 1.88. The Labute approximate surface area is 117 Å². The summed E-state index contributed by atoms with van der Waals surface area (Å²) in [6.07, 6.45) is 2.16. The van der Waals surface area contributed by atoms with Crippen molar-refractivity contribution in [1.82, 2.24) is 14.7 Å². The van der Waals surface area contributed by atoms with Crippen molar-refractivity contribution < 1.29 is 9.90 Å². The lowest BCUT2D eigenvalue weighted by atomic mass is 10.1. The molecule has 3 heterocycles. The Hall–Kier alpha value is -2.08. The molecular weight excluding hydrogens is 256 g/mol. The van der Waals surface area contributed by atoms with E-state index in [1.165, 1.54) is 0 Å². The average molecular weight is 274 g/mol. The minimum atomic E-state index is -0.763. The van der Waals surface area contributed by atoms with Gasteiger partial charge >= 0.3 is 5.97 Å². The minimum absolute atomic E-state index is 0.0128. The molecule has 2 aromatic rings. The van der Waals surface area contributed by atoms with Crippen LogP contribution in [0.2, 0.25) is 0 Å². The lowest BCUT2D eigenvalue weighted by Gasteiger charge is -2.34. The van der Waals surface area contributed by atoms with E-state index >= 15 is 0 Å². The maximum absolute atomic E-state index is 10.9. The molecular formula is C14H18N4O2. The number of rotatable bonds is 3. The topological polar surface area (TPSA) is 69.9 Å². The van der Waals surface area contributed by atoms with Crippen LogP contribution < -0.4 is 10.2 Å². The van der Waals surface area contributed by atoms with Crippen LogP contribution in [0.3, 0.4) is 0 Å². The van der Waals surface area contributed by atoms with Gasteiger partial charge in [0.2, 0.25) is 0 Å². The molecule has 6 nitrogen and oxygen atoms in total. The van der Waals surface area contributed by atoms with Crippen LogP contribution in [0.15, 0.2) is 24.4 Å². The number of nitrogens with one attached hydrogen (secondary N) is 1. The van der Waals surface area contributed by atoms with Crippen molar-refractivity contribution in [2.45, 2.75) is 19.4 Å².